The zero-order chi connectivity index (χ0) is 19.5. The Labute approximate surface area is 150 Å². The van der Waals surface area contributed by atoms with Crippen LogP contribution in [-0.2, 0) is 14.1 Å². The molecule has 0 aliphatic carbocycles. The smallest absolute Gasteiger partial charge is 0.342 e. The van der Waals surface area contributed by atoms with Crippen LogP contribution in [0.5, 0.6) is 0 Å². The fraction of sp³-hybridized carbons (Fsp3) is 0.611. The molecule has 0 heterocycles. The number of carboxylic acid groups (broad SMARTS) is 1. The summed E-state index contributed by atoms with van der Waals surface area (Å²) in [6.07, 6.45) is 10.1. The summed E-state index contributed by atoms with van der Waals surface area (Å²) in [5.41, 5.74) is 1.96. The first-order valence-electron chi connectivity index (χ1n) is 8.34. The van der Waals surface area contributed by atoms with Gasteiger partial charge in [0, 0.05) is 0 Å². The number of hydrogen-bond donors (Lipinski definition) is 3. The van der Waals surface area contributed by atoms with Crippen LogP contribution >= 0.6 is 7.60 Å². The van der Waals surface area contributed by atoms with Gasteiger partial charge < -0.3 is 19.6 Å². The lowest BCUT2D eigenvalue weighted by molar-refractivity contribution is -0.138. The van der Waals surface area contributed by atoms with E-state index in [2.05, 4.69) is 32.9 Å². The first kappa shape index (κ1) is 23.8. The van der Waals surface area contributed by atoms with Gasteiger partial charge in [-0.2, -0.15) is 0 Å². The van der Waals surface area contributed by atoms with E-state index in [0.29, 0.717) is 0 Å². The van der Waals surface area contributed by atoms with Crippen LogP contribution in [0.1, 0.15) is 53.4 Å². The van der Waals surface area contributed by atoms with E-state index < -0.39 is 25.8 Å². The van der Waals surface area contributed by atoms with Crippen LogP contribution in [0.3, 0.4) is 0 Å². The van der Waals surface area contributed by atoms with E-state index in [1.165, 1.54) is 11.1 Å². The zero-order valence-corrected chi connectivity index (χ0v) is 16.5. The normalized spacial score (nSPS) is 14.3. The Morgan fingerprint density at radius 1 is 1.00 bits per heavy atom. The summed E-state index contributed by atoms with van der Waals surface area (Å²) < 4.78 is 16.1. The molecule has 0 aliphatic heterocycles. The lowest BCUT2D eigenvalue weighted by Crippen LogP contribution is -2.26. The van der Waals surface area contributed by atoms with Gasteiger partial charge in [0.25, 0.3) is 0 Å². The van der Waals surface area contributed by atoms with Gasteiger partial charge in [-0.1, -0.05) is 34.9 Å². The van der Waals surface area contributed by atoms with Crippen molar-refractivity contribution in [3.63, 3.8) is 0 Å². The molecule has 0 saturated carbocycles. The highest BCUT2D eigenvalue weighted by atomic mass is 31.2. The maximum absolute atomic E-state index is 11.0. The van der Waals surface area contributed by atoms with Crippen molar-refractivity contribution in [1.82, 2.24) is 0 Å². The van der Waals surface area contributed by atoms with E-state index in [4.69, 9.17) is 19.6 Å². The highest BCUT2D eigenvalue weighted by Crippen LogP contribution is 2.41. The minimum atomic E-state index is -4.70. The standard InChI is InChI=1S/C18H31O6P/c1-14(2)7-5-8-15(3)9-6-10-16(4)11-12-24-13-17(18(19)20)25(21,22)23/h7,9,11,17H,5-6,8,10,12-13H2,1-4H3,(H,19,20)(H2,21,22,23)/b15-9+,16-11+. The van der Waals surface area contributed by atoms with Crippen LogP contribution in [0.25, 0.3) is 0 Å². The second kappa shape index (κ2) is 12.2. The Bertz CT molecular complexity index is 552. The molecule has 3 N–H and O–H groups in total. The molecule has 0 radical (unpaired) electrons. The van der Waals surface area contributed by atoms with Crippen molar-refractivity contribution in [3.8, 4) is 0 Å². The van der Waals surface area contributed by atoms with Gasteiger partial charge in [0.15, 0.2) is 5.66 Å². The van der Waals surface area contributed by atoms with Crippen molar-refractivity contribution in [2.75, 3.05) is 13.2 Å². The number of rotatable bonds is 12. The van der Waals surface area contributed by atoms with E-state index in [1.54, 1.807) is 0 Å². The molecule has 144 valence electrons. The number of aliphatic carboxylic acids is 1. The summed E-state index contributed by atoms with van der Waals surface area (Å²) >= 11 is 0. The fourth-order valence-corrected chi connectivity index (χ4v) is 2.62. The third kappa shape index (κ3) is 12.8. The van der Waals surface area contributed by atoms with Crippen LogP contribution in [-0.4, -0.2) is 39.7 Å². The van der Waals surface area contributed by atoms with E-state index in [0.717, 1.165) is 31.3 Å². The Morgan fingerprint density at radius 3 is 2.00 bits per heavy atom. The molecule has 0 aromatic rings. The van der Waals surface area contributed by atoms with Gasteiger partial charge >= 0.3 is 13.6 Å². The number of allylic oxidation sites excluding steroid dienone is 5. The van der Waals surface area contributed by atoms with Crippen molar-refractivity contribution >= 4 is 13.6 Å². The molecule has 0 aromatic carbocycles. The van der Waals surface area contributed by atoms with Crippen LogP contribution < -0.4 is 0 Å². The maximum Gasteiger partial charge on any atom is 0.342 e. The third-order valence-electron chi connectivity index (χ3n) is 3.64. The largest absolute Gasteiger partial charge is 0.480 e. The minimum absolute atomic E-state index is 0.138. The van der Waals surface area contributed by atoms with E-state index in [1.807, 2.05) is 13.0 Å². The molecule has 0 amide bonds. The molecular weight excluding hydrogens is 343 g/mol. The van der Waals surface area contributed by atoms with Gasteiger partial charge in [0.05, 0.1) is 13.2 Å². The predicted octanol–water partition coefficient (Wildman–Crippen LogP) is 4.05. The van der Waals surface area contributed by atoms with Gasteiger partial charge in [0.1, 0.15) is 0 Å². The van der Waals surface area contributed by atoms with E-state index >= 15 is 0 Å². The van der Waals surface area contributed by atoms with Crippen LogP contribution in [0.2, 0.25) is 0 Å². The lowest BCUT2D eigenvalue weighted by atomic mass is 10.1. The van der Waals surface area contributed by atoms with E-state index in [-0.39, 0.29) is 6.61 Å². The number of hydrogen-bond acceptors (Lipinski definition) is 3. The molecule has 6 nitrogen and oxygen atoms in total. The minimum Gasteiger partial charge on any atom is -0.480 e. The molecule has 0 bridgehead atoms. The van der Waals surface area contributed by atoms with Crippen molar-refractivity contribution in [3.05, 3.63) is 34.9 Å². The van der Waals surface area contributed by atoms with Crippen molar-refractivity contribution in [1.29, 1.82) is 0 Å². The summed E-state index contributed by atoms with van der Waals surface area (Å²) in [6, 6.07) is 0. The van der Waals surface area contributed by atoms with Crippen LogP contribution in [0, 0.1) is 0 Å². The Kier molecular flexibility index (Phi) is 11.6. The molecule has 1 atom stereocenters. The lowest BCUT2D eigenvalue weighted by Gasteiger charge is -2.13. The Balaban J connectivity index is 4.16. The van der Waals surface area contributed by atoms with Gasteiger partial charge in [0.2, 0.25) is 0 Å². The molecule has 0 aliphatic rings. The second-order valence-electron chi connectivity index (χ2n) is 6.44. The summed E-state index contributed by atoms with van der Waals surface area (Å²) in [5, 5.41) is 8.78. The molecule has 7 heteroatoms. The monoisotopic (exact) mass is 374 g/mol. The third-order valence-corrected chi connectivity index (χ3v) is 4.82. The second-order valence-corrected chi connectivity index (χ2v) is 8.24. The summed E-state index contributed by atoms with van der Waals surface area (Å²) in [5.74, 6) is -1.55. The average Bonchev–Trinajstić information content (AvgIpc) is 2.44. The highest BCUT2D eigenvalue weighted by molar-refractivity contribution is 7.53. The quantitative estimate of drug-likeness (QED) is 0.270. The first-order valence-corrected chi connectivity index (χ1v) is 10.0. The van der Waals surface area contributed by atoms with Crippen molar-refractivity contribution in [2.24, 2.45) is 0 Å². The Morgan fingerprint density at radius 2 is 1.52 bits per heavy atom. The van der Waals surface area contributed by atoms with Gasteiger partial charge in [-0.25, -0.2) is 0 Å². The predicted molar refractivity (Wildman–Crippen MR) is 99.7 cm³/mol. The average molecular weight is 374 g/mol. The number of carbonyl (C=O) groups is 1. The first-order chi connectivity index (χ1) is 11.5. The summed E-state index contributed by atoms with van der Waals surface area (Å²) in [6.45, 7) is 7.88. The number of ether oxygens (including phenoxy) is 1. The summed E-state index contributed by atoms with van der Waals surface area (Å²) in [4.78, 5) is 28.7. The number of carboxylic acids is 1. The molecular formula is C18H31O6P. The van der Waals surface area contributed by atoms with Crippen molar-refractivity contribution in [2.45, 2.75) is 59.0 Å². The molecule has 0 spiro atoms. The molecule has 25 heavy (non-hydrogen) atoms. The zero-order valence-electron chi connectivity index (χ0n) is 15.6. The molecule has 0 aromatic heterocycles. The van der Waals surface area contributed by atoms with Crippen molar-refractivity contribution < 1.29 is 29.0 Å². The van der Waals surface area contributed by atoms with Gasteiger partial charge in [-0.05, 0) is 53.4 Å². The Hall–Kier alpha value is -1.20. The topological polar surface area (TPSA) is 104 Å². The molecule has 1 unspecified atom stereocenters. The molecule has 0 saturated heterocycles. The highest BCUT2D eigenvalue weighted by Gasteiger charge is 2.35. The van der Waals surface area contributed by atoms with Gasteiger partial charge in [-0.15, -0.1) is 0 Å². The van der Waals surface area contributed by atoms with Crippen LogP contribution in [0.15, 0.2) is 34.9 Å². The van der Waals surface area contributed by atoms with E-state index in [9.17, 15) is 9.36 Å². The summed E-state index contributed by atoms with van der Waals surface area (Å²) in [7, 11) is -4.70. The molecule has 0 rings (SSSR count). The van der Waals surface area contributed by atoms with Gasteiger partial charge in [-0.3, -0.25) is 9.36 Å². The molecule has 0 fully saturated rings. The van der Waals surface area contributed by atoms with Crippen LogP contribution in [0.4, 0.5) is 0 Å². The SMILES string of the molecule is CC(C)=CCC/C(C)=C/CC/C(C)=C/COCC(C(=O)O)P(=O)(O)O. The maximum atomic E-state index is 11.0. The fourth-order valence-electron chi connectivity index (χ4n) is 2.03.